The van der Waals surface area contributed by atoms with Gasteiger partial charge in [0.15, 0.2) is 17.3 Å². The second kappa shape index (κ2) is 2.98. The number of rotatable bonds is 1. The number of ketones is 1. The van der Waals surface area contributed by atoms with E-state index < -0.39 is 17.5 Å². The second-order valence-corrected chi connectivity index (χ2v) is 3.37. The molecule has 5 heteroatoms. The highest BCUT2D eigenvalue weighted by atomic mass is 16.4. The molecule has 3 N–H and O–H groups in total. The Labute approximate surface area is 84.6 Å². The van der Waals surface area contributed by atoms with Crippen molar-refractivity contribution >= 4 is 11.8 Å². The van der Waals surface area contributed by atoms with Gasteiger partial charge in [0.05, 0.1) is 11.1 Å². The molecule has 1 aromatic carbocycles. The molecule has 0 amide bonds. The average molecular weight is 208 g/mol. The predicted molar refractivity (Wildman–Crippen MR) is 49.4 cm³/mol. The Morgan fingerprint density at radius 3 is 2.53 bits per heavy atom. The van der Waals surface area contributed by atoms with Crippen LogP contribution in [-0.2, 0) is 6.42 Å². The Kier molecular flexibility index (Phi) is 1.89. The van der Waals surface area contributed by atoms with Crippen LogP contribution in [0.1, 0.15) is 32.7 Å². The fourth-order valence-corrected chi connectivity index (χ4v) is 1.81. The van der Waals surface area contributed by atoms with Gasteiger partial charge < -0.3 is 15.3 Å². The van der Waals surface area contributed by atoms with Gasteiger partial charge in [-0.15, -0.1) is 0 Å². The number of phenols is 2. The third-order valence-electron chi connectivity index (χ3n) is 2.50. The van der Waals surface area contributed by atoms with Crippen LogP contribution in [0.15, 0.2) is 6.07 Å². The standard InChI is InChI=1S/C10H8O5/c11-6-2-1-4-5(10(14)15)3-7(12)9(13)8(4)6/h3,12-13H,1-2H2,(H,14,15). The fraction of sp³-hybridized carbons (Fsp3) is 0.200. The van der Waals surface area contributed by atoms with Crippen molar-refractivity contribution in [1.29, 1.82) is 0 Å². The molecule has 0 fully saturated rings. The number of hydrogen-bond donors (Lipinski definition) is 3. The van der Waals surface area contributed by atoms with Crippen LogP contribution in [0.5, 0.6) is 11.5 Å². The van der Waals surface area contributed by atoms with Gasteiger partial charge in [0.1, 0.15) is 0 Å². The van der Waals surface area contributed by atoms with E-state index in [1.54, 1.807) is 0 Å². The number of fused-ring (bicyclic) bond motifs is 1. The number of carbonyl (C=O) groups is 2. The number of Topliss-reactive ketones (excluding diaryl/α,β-unsaturated/α-hetero) is 1. The number of aromatic hydroxyl groups is 2. The lowest BCUT2D eigenvalue weighted by Crippen LogP contribution is -2.03. The van der Waals surface area contributed by atoms with E-state index in [1.165, 1.54) is 0 Å². The number of aromatic carboxylic acids is 1. The van der Waals surface area contributed by atoms with Crippen molar-refractivity contribution in [2.24, 2.45) is 0 Å². The number of benzene rings is 1. The topological polar surface area (TPSA) is 94.8 Å². The molecule has 0 unspecified atom stereocenters. The first-order valence-electron chi connectivity index (χ1n) is 4.36. The molecule has 0 saturated carbocycles. The molecule has 1 aliphatic rings. The van der Waals surface area contributed by atoms with Crippen molar-refractivity contribution in [3.05, 3.63) is 22.8 Å². The highest BCUT2D eigenvalue weighted by molar-refractivity contribution is 6.07. The lowest BCUT2D eigenvalue weighted by atomic mass is 10.0. The molecule has 0 heterocycles. The van der Waals surface area contributed by atoms with Gasteiger partial charge >= 0.3 is 5.97 Å². The summed E-state index contributed by atoms with van der Waals surface area (Å²) in [5, 5.41) is 27.5. The van der Waals surface area contributed by atoms with Gasteiger partial charge in [-0.25, -0.2) is 4.79 Å². The second-order valence-electron chi connectivity index (χ2n) is 3.37. The summed E-state index contributed by atoms with van der Waals surface area (Å²) in [5.41, 5.74) is 0.140. The zero-order valence-corrected chi connectivity index (χ0v) is 7.65. The Balaban J connectivity index is 2.78. The van der Waals surface area contributed by atoms with E-state index in [0.29, 0.717) is 12.0 Å². The van der Waals surface area contributed by atoms with Crippen LogP contribution in [0.3, 0.4) is 0 Å². The summed E-state index contributed by atoms with van der Waals surface area (Å²) in [7, 11) is 0. The van der Waals surface area contributed by atoms with Crippen LogP contribution >= 0.6 is 0 Å². The van der Waals surface area contributed by atoms with Crippen molar-refractivity contribution in [3.8, 4) is 11.5 Å². The lowest BCUT2D eigenvalue weighted by Gasteiger charge is -2.07. The Morgan fingerprint density at radius 1 is 1.27 bits per heavy atom. The first kappa shape index (κ1) is 9.51. The van der Waals surface area contributed by atoms with Gasteiger partial charge in [0.2, 0.25) is 0 Å². The maximum absolute atomic E-state index is 11.3. The molecule has 0 aliphatic heterocycles. The number of carboxylic acid groups (broad SMARTS) is 1. The SMILES string of the molecule is O=C(O)c1cc(O)c(O)c2c1CCC2=O. The van der Waals surface area contributed by atoms with Crippen LogP contribution < -0.4 is 0 Å². The Morgan fingerprint density at radius 2 is 1.93 bits per heavy atom. The molecule has 0 radical (unpaired) electrons. The van der Waals surface area contributed by atoms with E-state index in [9.17, 15) is 19.8 Å². The molecule has 1 aromatic rings. The molecule has 0 saturated heterocycles. The molecular formula is C10H8O5. The molecule has 78 valence electrons. The minimum Gasteiger partial charge on any atom is -0.504 e. The highest BCUT2D eigenvalue weighted by Gasteiger charge is 2.30. The van der Waals surface area contributed by atoms with Crippen LogP contribution in [0.2, 0.25) is 0 Å². The van der Waals surface area contributed by atoms with Crippen molar-refractivity contribution in [2.75, 3.05) is 0 Å². The normalized spacial score (nSPS) is 14.0. The van der Waals surface area contributed by atoms with E-state index >= 15 is 0 Å². The smallest absolute Gasteiger partial charge is 0.336 e. The van der Waals surface area contributed by atoms with E-state index in [4.69, 9.17) is 5.11 Å². The minimum atomic E-state index is -1.21. The first-order chi connectivity index (χ1) is 7.02. The zero-order chi connectivity index (χ0) is 11.2. The summed E-state index contributed by atoms with van der Waals surface area (Å²) in [6, 6.07) is 0.967. The molecular weight excluding hydrogens is 200 g/mol. The molecule has 2 rings (SSSR count). The molecule has 0 aromatic heterocycles. The van der Waals surface area contributed by atoms with Gasteiger partial charge in [0, 0.05) is 6.42 Å². The summed E-state index contributed by atoms with van der Waals surface area (Å²) >= 11 is 0. The van der Waals surface area contributed by atoms with Crippen LogP contribution in [0, 0.1) is 0 Å². The lowest BCUT2D eigenvalue weighted by molar-refractivity contribution is 0.0695. The van der Waals surface area contributed by atoms with Crippen molar-refractivity contribution in [2.45, 2.75) is 12.8 Å². The molecule has 5 nitrogen and oxygen atoms in total. The van der Waals surface area contributed by atoms with E-state index in [1.807, 2.05) is 0 Å². The summed E-state index contributed by atoms with van der Waals surface area (Å²) in [6.45, 7) is 0. The number of carbonyl (C=O) groups excluding carboxylic acids is 1. The highest BCUT2D eigenvalue weighted by Crippen LogP contribution is 2.39. The number of hydrogen-bond acceptors (Lipinski definition) is 4. The summed E-state index contributed by atoms with van der Waals surface area (Å²) in [4.78, 5) is 22.2. The van der Waals surface area contributed by atoms with Gasteiger partial charge in [-0.2, -0.15) is 0 Å². The first-order valence-corrected chi connectivity index (χ1v) is 4.36. The maximum Gasteiger partial charge on any atom is 0.336 e. The van der Waals surface area contributed by atoms with Crippen molar-refractivity contribution < 1.29 is 24.9 Å². The van der Waals surface area contributed by atoms with Crippen molar-refractivity contribution in [1.82, 2.24) is 0 Å². The number of carboxylic acids is 1. The molecule has 0 atom stereocenters. The van der Waals surface area contributed by atoms with Gasteiger partial charge in [-0.3, -0.25) is 4.79 Å². The van der Waals surface area contributed by atoms with Crippen LogP contribution in [0.25, 0.3) is 0 Å². The zero-order valence-electron chi connectivity index (χ0n) is 7.65. The minimum absolute atomic E-state index is 0.0487. The van der Waals surface area contributed by atoms with Gasteiger partial charge in [-0.05, 0) is 18.1 Å². The molecule has 15 heavy (non-hydrogen) atoms. The predicted octanol–water partition coefficient (Wildman–Crippen LogP) is 0.925. The monoisotopic (exact) mass is 208 g/mol. The molecule has 1 aliphatic carbocycles. The van der Waals surface area contributed by atoms with E-state index in [-0.39, 0.29) is 23.3 Å². The third-order valence-corrected chi connectivity index (χ3v) is 2.50. The van der Waals surface area contributed by atoms with Crippen LogP contribution in [-0.4, -0.2) is 27.1 Å². The van der Waals surface area contributed by atoms with Crippen molar-refractivity contribution in [3.63, 3.8) is 0 Å². The molecule has 0 bridgehead atoms. The quantitative estimate of drug-likeness (QED) is 0.596. The van der Waals surface area contributed by atoms with Gasteiger partial charge in [-0.1, -0.05) is 0 Å². The van der Waals surface area contributed by atoms with Gasteiger partial charge in [0.25, 0.3) is 0 Å². The largest absolute Gasteiger partial charge is 0.504 e. The molecule has 0 spiro atoms. The fourth-order valence-electron chi connectivity index (χ4n) is 1.81. The average Bonchev–Trinajstić information content (AvgIpc) is 2.54. The third kappa shape index (κ3) is 1.24. The maximum atomic E-state index is 11.3. The summed E-state index contributed by atoms with van der Waals surface area (Å²) in [6.07, 6.45) is 0.469. The van der Waals surface area contributed by atoms with E-state index in [2.05, 4.69) is 0 Å². The summed E-state index contributed by atoms with van der Waals surface area (Å²) in [5.74, 6) is -2.63. The number of phenolic OH excluding ortho intramolecular Hbond substituents is 2. The van der Waals surface area contributed by atoms with Crippen LogP contribution in [0.4, 0.5) is 0 Å². The van der Waals surface area contributed by atoms with E-state index in [0.717, 1.165) is 6.07 Å². The summed E-state index contributed by atoms with van der Waals surface area (Å²) < 4.78 is 0. The Hall–Kier alpha value is -2.04. The Bertz CT molecular complexity index is 475.